The molecule has 2 rings (SSSR count). The van der Waals surface area contributed by atoms with Crippen molar-refractivity contribution in [2.45, 2.75) is 18.9 Å². The van der Waals surface area contributed by atoms with E-state index in [-0.39, 0.29) is 6.09 Å². The second-order valence-electron chi connectivity index (χ2n) is 4.32. The van der Waals surface area contributed by atoms with Crippen LogP contribution in [0.15, 0.2) is 23.9 Å². The SMILES string of the molecule is COC(=O)N1C=CC=C(C2CCCN2C)C1. The molecule has 0 aliphatic carbocycles. The van der Waals surface area contributed by atoms with Crippen molar-refractivity contribution in [1.29, 1.82) is 0 Å². The third kappa shape index (κ3) is 2.11. The normalized spacial score (nSPS) is 25.8. The van der Waals surface area contributed by atoms with Gasteiger partial charge in [-0.05, 0) is 38.1 Å². The van der Waals surface area contributed by atoms with Gasteiger partial charge >= 0.3 is 6.09 Å². The van der Waals surface area contributed by atoms with E-state index < -0.39 is 0 Å². The van der Waals surface area contributed by atoms with Gasteiger partial charge in [0.2, 0.25) is 0 Å². The Bertz CT molecular complexity index is 336. The molecule has 0 spiro atoms. The first-order valence-corrected chi connectivity index (χ1v) is 5.64. The summed E-state index contributed by atoms with van der Waals surface area (Å²) in [5.41, 5.74) is 1.30. The highest BCUT2D eigenvalue weighted by molar-refractivity contribution is 5.69. The number of hydrogen-bond acceptors (Lipinski definition) is 3. The van der Waals surface area contributed by atoms with Gasteiger partial charge in [0.25, 0.3) is 0 Å². The van der Waals surface area contributed by atoms with Crippen molar-refractivity contribution >= 4 is 6.09 Å². The highest BCUT2D eigenvalue weighted by atomic mass is 16.5. The molecule has 1 amide bonds. The topological polar surface area (TPSA) is 32.8 Å². The maximum Gasteiger partial charge on any atom is 0.413 e. The number of allylic oxidation sites excluding steroid dienone is 2. The summed E-state index contributed by atoms with van der Waals surface area (Å²) in [6.45, 7) is 1.79. The monoisotopic (exact) mass is 222 g/mol. The van der Waals surface area contributed by atoms with Crippen LogP contribution in [0, 0.1) is 0 Å². The fourth-order valence-corrected chi connectivity index (χ4v) is 2.41. The van der Waals surface area contributed by atoms with Crippen molar-refractivity contribution in [3.63, 3.8) is 0 Å². The van der Waals surface area contributed by atoms with Crippen LogP contribution < -0.4 is 0 Å². The Balaban J connectivity index is 2.04. The largest absolute Gasteiger partial charge is 0.452 e. The van der Waals surface area contributed by atoms with Crippen molar-refractivity contribution < 1.29 is 9.53 Å². The summed E-state index contributed by atoms with van der Waals surface area (Å²) in [6.07, 6.45) is 7.94. The first kappa shape index (κ1) is 11.2. The molecule has 0 aromatic carbocycles. The van der Waals surface area contributed by atoms with E-state index in [4.69, 9.17) is 4.74 Å². The fourth-order valence-electron chi connectivity index (χ4n) is 2.41. The molecule has 2 aliphatic heterocycles. The van der Waals surface area contributed by atoms with E-state index in [0.717, 1.165) is 6.54 Å². The zero-order chi connectivity index (χ0) is 11.5. The summed E-state index contributed by atoms with van der Waals surface area (Å²) in [5.74, 6) is 0. The first-order chi connectivity index (χ1) is 7.72. The van der Waals surface area contributed by atoms with Crippen molar-refractivity contribution in [3.8, 4) is 0 Å². The molecule has 2 aliphatic rings. The predicted molar refractivity (Wildman–Crippen MR) is 62.0 cm³/mol. The fraction of sp³-hybridized carbons (Fsp3) is 0.583. The number of rotatable bonds is 1. The molecule has 0 saturated carbocycles. The summed E-state index contributed by atoms with van der Waals surface area (Å²) in [7, 11) is 3.55. The zero-order valence-electron chi connectivity index (χ0n) is 9.85. The molecule has 4 heteroatoms. The average molecular weight is 222 g/mol. The molecule has 0 aromatic heterocycles. The molecule has 1 unspecified atom stereocenters. The van der Waals surface area contributed by atoms with Gasteiger partial charge in [0, 0.05) is 12.2 Å². The molecule has 4 nitrogen and oxygen atoms in total. The van der Waals surface area contributed by atoms with Crippen LogP contribution >= 0.6 is 0 Å². The Morgan fingerprint density at radius 3 is 3.00 bits per heavy atom. The van der Waals surface area contributed by atoms with Gasteiger partial charge < -0.3 is 4.74 Å². The minimum Gasteiger partial charge on any atom is -0.452 e. The quantitative estimate of drug-likeness (QED) is 0.675. The summed E-state index contributed by atoms with van der Waals surface area (Å²) >= 11 is 0. The highest BCUT2D eigenvalue weighted by Crippen LogP contribution is 2.24. The van der Waals surface area contributed by atoms with Crippen molar-refractivity contribution in [2.75, 3.05) is 27.2 Å². The molecule has 2 heterocycles. The standard InChI is InChI=1S/C12H18N2O2/c1-13-7-4-6-11(13)10-5-3-8-14(9-10)12(15)16-2/h3,5,8,11H,4,6-7,9H2,1-2H3. The Morgan fingerprint density at radius 1 is 1.56 bits per heavy atom. The molecule has 0 bridgehead atoms. The van der Waals surface area contributed by atoms with E-state index in [0.29, 0.717) is 12.6 Å². The second kappa shape index (κ2) is 4.70. The van der Waals surface area contributed by atoms with Gasteiger partial charge in [-0.15, -0.1) is 0 Å². The van der Waals surface area contributed by atoms with E-state index in [1.54, 1.807) is 11.1 Å². The smallest absolute Gasteiger partial charge is 0.413 e. The van der Waals surface area contributed by atoms with Gasteiger partial charge in [-0.25, -0.2) is 4.79 Å². The van der Waals surface area contributed by atoms with Crippen LogP contribution in [-0.4, -0.2) is 49.2 Å². The molecule has 1 atom stereocenters. The molecule has 16 heavy (non-hydrogen) atoms. The first-order valence-electron chi connectivity index (χ1n) is 5.64. The summed E-state index contributed by atoms with van der Waals surface area (Å²) in [6, 6.07) is 0.483. The lowest BCUT2D eigenvalue weighted by Crippen LogP contribution is -2.36. The second-order valence-corrected chi connectivity index (χ2v) is 4.32. The molecule has 88 valence electrons. The van der Waals surface area contributed by atoms with Gasteiger partial charge in [-0.2, -0.15) is 0 Å². The van der Waals surface area contributed by atoms with Crippen LogP contribution in [0.25, 0.3) is 0 Å². The molecule has 0 radical (unpaired) electrons. The van der Waals surface area contributed by atoms with Gasteiger partial charge in [-0.3, -0.25) is 9.80 Å². The number of carbonyl (C=O) groups is 1. The highest BCUT2D eigenvalue weighted by Gasteiger charge is 2.27. The maximum absolute atomic E-state index is 11.4. The third-order valence-corrected chi connectivity index (χ3v) is 3.29. The molecule has 1 fully saturated rings. The predicted octanol–water partition coefficient (Wildman–Crippen LogP) is 1.60. The summed E-state index contributed by atoms with van der Waals surface area (Å²) in [5, 5.41) is 0. The van der Waals surface area contributed by atoms with Gasteiger partial charge in [-0.1, -0.05) is 6.08 Å². The van der Waals surface area contributed by atoms with E-state index >= 15 is 0 Å². The lowest BCUT2D eigenvalue weighted by molar-refractivity contribution is 0.141. The molecule has 0 N–H and O–H groups in total. The van der Waals surface area contributed by atoms with Crippen molar-refractivity contribution in [3.05, 3.63) is 23.9 Å². The molecular weight excluding hydrogens is 204 g/mol. The molecule has 0 aromatic rings. The Kier molecular flexibility index (Phi) is 3.29. The number of methoxy groups -OCH3 is 1. The zero-order valence-corrected chi connectivity index (χ0v) is 9.85. The van der Waals surface area contributed by atoms with Gasteiger partial charge in [0.15, 0.2) is 0 Å². The summed E-state index contributed by atoms with van der Waals surface area (Å²) in [4.78, 5) is 15.4. The van der Waals surface area contributed by atoms with Crippen molar-refractivity contribution in [1.82, 2.24) is 9.80 Å². The lowest BCUT2D eigenvalue weighted by Gasteiger charge is -2.28. The van der Waals surface area contributed by atoms with Crippen LogP contribution in [0.1, 0.15) is 12.8 Å². The lowest BCUT2D eigenvalue weighted by atomic mass is 10.0. The van der Waals surface area contributed by atoms with Gasteiger partial charge in [0.1, 0.15) is 0 Å². The molecule has 1 saturated heterocycles. The minimum absolute atomic E-state index is 0.289. The van der Waals surface area contributed by atoms with Gasteiger partial charge in [0.05, 0.1) is 13.7 Å². The Morgan fingerprint density at radius 2 is 2.38 bits per heavy atom. The Labute approximate surface area is 96.2 Å². The number of hydrogen-bond donors (Lipinski definition) is 0. The van der Waals surface area contributed by atoms with E-state index in [1.165, 1.54) is 25.5 Å². The van der Waals surface area contributed by atoms with Crippen LogP contribution in [0.4, 0.5) is 4.79 Å². The third-order valence-electron chi connectivity index (χ3n) is 3.29. The molecular formula is C12H18N2O2. The maximum atomic E-state index is 11.4. The summed E-state index contributed by atoms with van der Waals surface area (Å²) < 4.78 is 4.72. The number of likely N-dealkylation sites (N-methyl/N-ethyl adjacent to an activating group) is 1. The number of amides is 1. The Hall–Kier alpha value is -1.29. The van der Waals surface area contributed by atoms with Crippen LogP contribution in [-0.2, 0) is 4.74 Å². The van der Waals surface area contributed by atoms with E-state index in [2.05, 4.69) is 18.0 Å². The van der Waals surface area contributed by atoms with Crippen molar-refractivity contribution in [2.24, 2.45) is 0 Å². The van der Waals surface area contributed by atoms with E-state index in [9.17, 15) is 4.79 Å². The minimum atomic E-state index is -0.289. The van der Waals surface area contributed by atoms with E-state index in [1.807, 2.05) is 6.08 Å². The average Bonchev–Trinajstić information content (AvgIpc) is 2.74. The van der Waals surface area contributed by atoms with Crippen LogP contribution in [0.5, 0.6) is 0 Å². The number of likely N-dealkylation sites (tertiary alicyclic amines) is 1. The van der Waals surface area contributed by atoms with Crippen LogP contribution in [0.3, 0.4) is 0 Å². The number of ether oxygens (including phenoxy) is 1. The van der Waals surface area contributed by atoms with Crippen LogP contribution in [0.2, 0.25) is 0 Å². The number of carbonyl (C=O) groups excluding carboxylic acids is 1. The number of nitrogens with zero attached hydrogens (tertiary/aromatic N) is 2.